The van der Waals surface area contributed by atoms with E-state index in [1.165, 1.54) is 6.07 Å². The number of nitrogen functional groups attached to an aromatic ring is 1. The number of carbonyl (C=O) groups excluding carboxylic acids is 1. The molecule has 1 aromatic heterocycles. The number of nitrogens with two attached hydrogens (primary N) is 2. The summed E-state index contributed by atoms with van der Waals surface area (Å²) in [6, 6.07) is 31.2. The first-order chi connectivity index (χ1) is 25.5. The molecule has 0 saturated heterocycles. The summed E-state index contributed by atoms with van der Waals surface area (Å²) in [7, 11) is 0. The molecule has 0 unspecified atom stereocenters. The molecular weight excluding hydrogens is 681 g/mol. The first-order valence-electron chi connectivity index (χ1n) is 17.1. The molecule has 1 aliphatic rings. The molecular formula is C41H37F3N6O3. The maximum absolute atomic E-state index is 14.3. The third kappa shape index (κ3) is 8.02. The quantitative estimate of drug-likeness (QED) is 0.0906. The van der Waals surface area contributed by atoms with Gasteiger partial charge in [-0.1, -0.05) is 66.7 Å². The average molecular weight is 719 g/mol. The van der Waals surface area contributed by atoms with Crippen LogP contribution in [0.5, 0.6) is 11.5 Å². The van der Waals surface area contributed by atoms with Gasteiger partial charge in [-0.05, 0) is 76.7 Å². The Morgan fingerprint density at radius 3 is 2.19 bits per heavy atom. The van der Waals surface area contributed by atoms with Gasteiger partial charge in [0.05, 0.1) is 16.6 Å². The van der Waals surface area contributed by atoms with E-state index >= 15 is 0 Å². The Balaban J connectivity index is 1.22. The van der Waals surface area contributed by atoms with E-state index < -0.39 is 11.7 Å². The molecule has 1 aliphatic heterocycles. The van der Waals surface area contributed by atoms with Crippen molar-refractivity contribution in [2.24, 2.45) is 11.5 Å². The molecule has 0 bridgehead atoms. The number of nitrogens with zero attached hydrogens (tertiary/aromatic N) is 3. The molecule has 0 atom stereocenters. The van der Waals surface area contributed by atoms with Crippen molar-refractivity contribution in [3.8, 4) is 11.5 Å². The first-order valence-corrected chi connectivity index (χ1v) is 17.1. The zero-order chi connectivity index (χ0) is 37.1. The van der Waals surface area contributed by atoms with E-state index in [2.05, 4.69) is 4.57 Å². The van der Waals surface area contributed by atoms with Gasteiger partial charge >= 0.3 is 6.18 Å². The van der Waals surface area contributed by atoms with Crippen LogP contribution in [0.4, 0.5) is 13.2 Å². The smallest absolute Gasteiger partial charge is 0.416 e. The van der Waals surface area contributed by atoms with E-state index in [1.807, 2.05) is 72.8 Å². The van der Waals surface area contributed by atoms with Gasteiger partial charge < -0.3 is 30.4 Å². The monoisotopic (exact) mass is 718 g/mol. The minimum atomic E-state index is -4.51. The van der Waals surface area contributed by atoms with Crippen molar-refractivity contribution in [3.05, 3.63) is 160 Å². The number of aryl methyl sites for hydroxylation is 2. The van der Waals surface area contributed by atoms with Crippen LogP contribution in [0.25, 0.3) is 11.0 Å². The van der Waals surface area contributed by atoms with Crippen LogP contribution < -0.4 is 20.9 Å². The maximum Gasteiger partial charge on any atom is 0.416 e. The molecule has 0 spiro atoms. The highest BCUT2D eigenvalue weighted by Gasteiger charge is 2.31. The Morgan fingerprint density at radius 2 is 1.45 bits per heavy atom. The SMILES string of the molecule is N=C(N)c1ccc(CCc2nc3cc(C(=O)N(Cc4ccc(CN)cc4)Cc4cccc(C(F)(F)F)c4)ccc3n2Cc2ccc3c(c2)OCO3)cc1. The van der Waals surface area contributed by atoms with Crippen LogP contribution in [0.2, 0.25) is 0 Å². The number of halogens is 3. The predicted molar refractivity (Wildman–Crippen MR) is 196 cm³/mol. The van der Waals surface area contributed by atoms with E-state index in [9.17, 15) is 18.0 Å². The Kier molecular flexibility index (Phi) is 9.88. The van der Waals surface area contributed by atoms with Crippen molar-refractivity contribution in [1.29, 1.82) is 5.41 Å². The van der Waals surface area contributed by atoms with Crippen LogP contribution in [0, 0.1) is 5.41 Å². The lowest BCUT2D eigenvalue weighted by Gasteiger charge is -2.24. The lowest BCUT2D eigenvalue weighted by molar-refractivity contribution is -0.137. The number of alkyl halides is 3. The van der Waals surface area contributed by atoms with Gasteiger partial charge in [0.25, 0.3) is 5.91 Å². The third-order valence-electron chi connectivity index (χ3n) is 9.30. The van der Waals surface area contributed by atoms with E-state index in [4.69, 9.17) is 31.3 Å². The number of nitrogens with one attached hydrogen (secondary N) is 1. The van der Waals surface area contributed by atoms with Crippen LogP contribution in [-0.2, 0) is 45.2 Å². The molecule has 1 amide bonds. The zero-order valence-electron chi connectivity index (χ0n) is 28.7. The number of hydrogen-bond donors (Lipinski definition) is 3. The second-order valence-corrected chi connectivity index (χ2v) is 13.0. The number of amidine groups is 1. The van der Waals surface area contributed by atoms with Crippen molar-refractivity contribution in [1.82, 2.24) is 14.5 Å². The maximum atomic E-state index is 14.3. The first kappa shape index (κ1) is 35.3. The largest absolute Gasteiger partial charge is 0.454 e. The summed E-state index contributed by atoms with van der Waals surface area (Å²) < 4.78 is 54.0. The van der Waals surface area contributed by atoms with E-state index in [0.29, 0.717) is 59.6 Å². The Hall–Kier alpha value is -6.14. The van der Waals surface area contributed by atoms with Crippen LogP contribution in [0.15, 0.2) is 109 Å². The zero-order valence-corrected chi connectivity index (χ0v) is 28.7. The molecule has 6 aromatic rings. The van der Waals surface area contributed by atoms with Gasteiger partial charge in [-0.3, -0.25) is 10.2 Å². The Labute approximate surface area is 304 Å². The fourth-order valence-electron chi connectivity index (χ4n) is 6.46. The predicted octanol–water partition coefficient (Wildman–Crippen LogP) is 7.20. The molecule has 270 valence electrons. The van der Waals surface area contributed by atoms with Crippen LogP contribution >= 0.6 is 0 Å². The molecule has 53 heavy (non-hydrogen) atoms. The molecule has 2 heterocycles. The lowest BCUT2D eigenvalue weighted by atomic mass is 10.1. The van der Waals surface area contributed by atoms with Gasteiger partial charge in [-0.15, -0.1) is 0 Å². The van der Waals surface area contributed by atoms with E-state index in [0.717, 1.165) is 45.7 Å². The van der Waals surface area contributed by atoms with Gasteiger partial charge in [-0.2, -0.15) is 13.2 Å². The molecule has 0 aliphatic carbocycles. The number of fused-ring (bicyclic) bond motifs is 2. The Morgan fingerprint density at radius 1 is 0.774 bits per heavy atom. The fraction of sp³-hybridized carbons (Fsp3) is 0.195. The van der Waals surface area contributed by atoms with Crippen molar-refractivity contribution >= 4 is 22.8 Å². The van der Waals surface area contributed by atoms with Gasteiger partial charge in [-0.25, -0.2) is 4.98 Å². The summed E-state index contributed by atoms with van der Waals surface area (Å²) >= 11 is 0. The van der Waals surface area contributed by atoms with Crippen LogP contribution in [-0.4, -0.2) is 33.0 Å². The van der Waals surface area contributed by atoms with E-state index in [1.54, 1.807) is 23.1 Å². The summed E-state index contributed by atoms with van der Waals surface area (Å²) in [4.78, 5) is 20.8. The topological polar surface area (TPSA) is 132 Å². The Bertz CT molecular complexity index is 2280. The molecule has 9 nitrogen and oxygen atoms in total. The minimum absolute atomic E-state index is 0.00492. The lowest BCUT2D eigenvalue weighted by Crippen LogP contribution is -2.30. The number of amides is 1. The number of benzene rings is 5. The van der Waals surface area contributed by atoms with Crippen LogP contribution in [0.3, 0.4) is 0 Å². The second kappa shape index (κ2) is 14.8. The average Bonchev–Trinajstić information content (AvgIpc) is 3.77. The van der Waals surface area contributed by atoms with Crippen molar-refractivity contribution in [2.75, 3.05) is 6.79 Å². The molecule has 0 radical (unpaired) electrons. The fourth-order valence-corrected chi connectivity index (χ4v) is 6.46. The number of carbonyl (C=O) groups is 1. The highest BCUT2D eigenvalue weighted by Crippen LogP contribution is 2.34. The standard InChI is InChI=1S/C41H37F3N6O3/c42-41(43,44)33-3-1-2-29(18-33)23-49(22-28-6-4-27(21-45)5-7-28)40(51)32-14-15-35-34(20-32)48-38(17-11-26-8-12-31(13-9-26)39(46)47)50(35)24-30-10-16-36-37(19-30)53-25-52-36/h1-10,12-16,18-20H,11,17,21-25,45H2,(H3,46,47). The molecule has 0 saturated carbocycles. The number of imidazole rings is 1. The summed E-state index contributed by atoms with van der Waals surface area (Å²) in [5.41, 5.74) is 17.2. The highest BCUT2D eigenvalue weighted by molar-refractivity contribution is 5.97. The summed E-state index contributed by atoms with van der Waals surface area (Å²) in [5.74, 6) is 1.82. The minimum Gasteiger partial charge on any atom is -0.454 e. The van der Waals surface area contributed by atoms with Gasteiger partial charge in [0.2, 0.25) is 6.79 Å². The highest BCUT2D eigenvalue weighted by atomic mass is 19.4. The van der Waals surface area contributed by atoms with Gasteiger partial charge in [0.1, 0.15) is 11.7 Å². The number of rotatable bonds is 12. The number of hydrogen-bond acceptors (Lipinski definition) is 6. The molecule has 0 fully saturated rings. The number of ether oxygens (including phenoxy) is 2. The second-order valence-electron chi connectivity index (χ2n) is 13.0. The molecule has 12 heteroatoms. The summed E-state index contributed by atoms with van der Waals surface area (Å²) in [6.45, 7) is 1.15. The molecule has 7 rings (SSSR count). The number of aromatic nitrogens is 2. The molecule has 5 aromatic carbocycles. The van der Waals surface area contributed by atoms with Gasteiger partial charge in [0, 0.05) is 43.7 Å². The van der Waals surface area contributed by atoms with Crippen LogP contribution in [0.1, 0.15) is 55.1 Å². The van der Waals surface area contributed by atoms with E-state index in [-0.39, 0.29) is 31.6 Å². The summed E-state index contributed by atoms with van der Waals surface area (Å²) in [6.07, 6.45) is -3.26. The third-order valence-corrected chi connectivity index (χ3v) is 9.30. The van der Waals surface area contributed by atoms with Crippen molar-refractivity contribution in [2.45, 2.75) is 45.2 Å². The van der Waals surface area contributed by atoms with Gasteiger partial charge in [0.15, 0.2) is 11.5 Å². The summed E-state index contributed by atoms with van der Waals surface area (Å²) in [5, 5.41) is 7.69. The normalized spacial score (nSPS) is 12.3. The van der Waals surface area contributed by atoms with Crippen molar-refractivity contribution in [3.63, 3.8) is 0 Å². The molecule has 5 N–H and O–H groups in total. The van der Waals surface area contributed by atoms with Crippen molar-refractivity contribution < 1.29 is 27.4 Å².